The smallest absolute Gasteiger partial charge is 0.251 e. The summed E-state index contributed by atoms with van der Waals surface area (Å²) in [4.78, 5) is 25.4. The van der Waals surface area contributed by atoms with Crippen LogP contribution in [-0.2, 0) is 21.4 Å². The van der Waals surface area contributed by atoms with Crippen LogP contribution in [0.4, 0.5) is 0 Å². The molecule has 0 fully saturated rings. The number of hydrogen-bond donors (Lipinski definition) is 3. The summed E-state index contributed by atoms with van der Waals surface area (Å²) in [6.07, 6.45) is 2.42. The number of amides is 2. The number of benzene rings is 2. The van der Waals surface area contributed by atoms with Crippen molar-refractivity contribution < 1.29 is 18.0 Å². The van der Waals surface area contributed by atoms with Crippen LogP contribution in [0.1, 0.15) is 27.9 Å². The summed E-state index contributed by atoms with van der Waals surface area (Å²) in [7, 11) is -2.22. The average molecular weight is 450 g/mol. The van der Waals surface area contributed by atoms with Gasteiger partial charge in [-0.3, -0.25) is 9.59 Å². The Hall–Kier alpha value is -2.36. The minimum atomic E-state index is -3.56. The Balaban J connectivity index is 2.06. The third-order valence-corrected chi connectivity index (χ3v) is 6.51. The highest BCUT2D eigenvalue weighted by Gasteiger charge is 2.21. The molecular weight excluding hydrogens is 422 g/mol. The Bertz CT molecular complexity index is 993. The number of carbonyl (C=O) groups is 2. The predicted molar refractivity (Wildman–Crippen MR) is 120 cm³/mol. The normalized spacial score (nSPS) is 12.2. The van der Waals surface area contributed by atoms with Crippen LogP contribution in [0.15, 0.2) is 53.4 Å². The molecule has 3 N–H and O–H groups in total. The number of hydrogen-bond acceptors (Lipinski definition) is 5. The maximum absolute atomic E-state index is 12.7. The molecule has 7 nitrogen and oxygen atoms in total. The van der Waals surface area contributed by atoms with Gasteiger partial charge in [-0.15, -0.1) is 0 Å². The van der Waals surface area contributed by atoms with Crippen molar-refractivity contribution in [2.45, 2.75) is 30.8 Å². The fourth-order valence-electron chi connectivity index (χ4n) is 2.79. The second-order valence-corrected chi connectivity index (χ2v) is 9.62. The molecule has 9 heteroatoms. The molecule has 2 aromatic carbocycles. The number of rotatable bonds is 10. The van der Waals surface area contributed by atoms with E-state index >= 15 is 0 Å². The van der Waals surface area contributed by atoms with Gasteiger partial charge in [-0.1, -0.05) is 29.8 Å². The maximum Gasteiger partial charge on any atom is 0.251 e. The molecule has 0 spiro atoms. The van der Waals surface area contributed by atoms with Gasteiger partial charge in [-0.2, -0.15) is 11.8 Å². The van der Waals surface area contributed by atoms with Gasteiger partial charge in [0.15, 0.2) is 0 Å². The topological polar surface area (TPSA) is 104 Å². The molecule has 2 rings (SSSR count). The first kappa shape index (κ1) is 23.9. The average Bonchev–Trinajstić information content (AvgIpc) is 2.75. The van der Waals surface area contributed by atoms with Crippen LogP contribution in [0.5, 0.6) is 0 Å². The molecule has 1 atom stereocenters. The van der Waals surface area contributed by atoms with Gasteiger partial charge in [0.2, 0.25) is 15.9 Å². The molecule has 0 aliphatic rings. The van der Waals surface area contributed by atoms with Crippen LogP contribution in [0, 0.1) is 6.92 Å². The highest BCUT2D eigenvalue weighted by Crippen LogP contribution is 2.11. The standard InChI is InChI=1S/C21H27N3O4S2/c1-15-6-4-8-17(12-15)20(25)24-19(10-11-29-3)21(26)23-14-16-7-5-9-18(13-16)30(27,28)22-2/h4-9,12-13,19,22H,10-11,14H2,1-3H3,(H,23,26)(H,24,25). The first-order chi connectivity index (χ1) is 14.3. The van der Waals surface area contributed by atoms with E-state index in [4.69, 9.17) is 0 Å². The molecular formula is C21H27N3O4S2. The summed E-state index contributed by atoms with van der Waals surface area (Å²) < 4.78 is 26.2. The minimum absolute atomic E-state index is 0.128. The van der Waals surface area contributed by atoms with Gasteiger partial charge in [0, 0.05) is 12.1 Å². The van der Waals surface area contributed by atoms with E-state index in [1.807, 2.05) is 19.2 Å². The van der Waals surface area contributed by atoms with Gasteiger partial charge in [0.1, 0.15) is 6.04 Å². The van der Waals surface area contributed by atoms with Crippen molar-refractivity contribution in [2.24, 2.45) is 0 Å². The molecule has 0 bridgehead atoms. The van der Waals surface area contributed by atoms with Crippen molar-refractivity contribution in [1.82, 2.24) is 15.4 Å². The van der Waals surface area contributed by atoms with E-state index in [1.165, 1.54) is 19.2 Å². The lowest BCUT2D eigenvalue weighted by atomic mass is 10.1. The zero-order valence-corrected chi connectivity index (χ0v) is 18.9. The maximum atomic E-state index is 12.7. The van der Waals surface area contributed by atoms with Gasteiger partial charge in [-0.05, 0) is 62.2 Å². The zero-order valence-electron chi connectivity index (χ0n) is 17.3. The van der Waals surface area contributed by atoms with Crippen molar-refractivity contribution in [3.05, 3.63) is 65.2 Å². The lowest BCUT2D eigenvalue weighted by Gasteiger charge is -2.18. The number of thioether (sulfide) groups is 1. The van der Waals surface area contributed by atoms with E-state index in [1.54, 1.807) is 42.1 Å². The summed E-state index contributed by atoms with van der Waals surface area (Å²) in [5, 5.41) is 5.60. The van der Waals surface area contributed by atoms with Gasteiger partial charge >= 0.3 is 0 Å². The molecule has 0 heterocycles. The third kappa shape index (κ3) is 6.86. The summed E-state index contributed by atoms with van der Waals surface area (Å²) >= 11 is 1.59. The molecule has 0 radical (unpaired) electrons. The summed E-state index contributed by atoms with van der Waals surface area (Å²) in [6.45, 7) is 2.05. The van der Waals surface area contributed by atoms with Crippen LogP contribution in [0.25, 0.3) is 0 Å². The van der Waals surface area contributed by atoms with Crippen LogP contribution in [0.2, 0.25) is 0 Å². The van der Waals surface area contributed by atoms with Gasteiger partial charge < -0.3 is 10.6 Å². The molecule has 162 valence electrons. The van der Waals surface area contributed by atoms with E-state index in [0.29, 0.717) is 23.3 Å². The lowest BCUT2D eigenvalue weighted by molar-refractivity contribution is -0.123. The molecule has 0 aromatic heterocycles. The Kier molecular flexibility index (Phi) is 8.88. The first-order valence-electron chi connectivity index (χ1n) is 9.43. The number of aryl methyl sites for hydroxylation is 1. The van der Waals surface area contributed by atoms with Crippen LogP contribution in [0.3, 0.4) is 0 Å². The van der Waals surface area contributed by atoms with E-state index in [0.717, 1.165) is 5.56 Å². The van der Waals surface area contributed by atoms with Crippen LogP contribution >= 0.6 is 11.8 Å². The van der Waals surface area contributed by atoms with Gasteiger partial charge in [0.05, 0.1) is 4.90 Å². The Morgan fingerprint density at radius 1 is 1.10 bits per heavy atom. The molecule has 0 saturated carbocycles. The number of carbonyl (C=O) groups excluding carboxylic acids is 2. The van der Waals surface area contributed by atoms with Crippen molar-refractivity contribution in [3.8, 4) is 0 Å². The Labute approximate surface area is 182 Å². The van der Waals surface area contributed by atoms with Crippen LogP contribution < -0.4 is 15.4 Å². The fourth-order valence-corrected chi connectivity index (χ4v) is 4.06. The molecule has 1 unspecified atom stereocenters. The highest BCUT2D eigenvalue weighted by molar-refractivity contribution is 7.98. The third-order valence-electron chi connectivity index (χ3n) is 4.46. The largest absolute Gasteiger partial charge is 0.350 e. The molecule has 0 aliphatic heterocycles. The number of nitrogens with one attached hydrogen (secondary N) is 3. The first-order valence-corrected chi connectivity index (χ1v) is 12.3. The Morgan fingerprint density at radius 2 is 1.83 bits per heavy atom. The second-order valence-electron chi connectivity index (χ2n) is 6.75. The highest BCUT2D eigenvalue weighted by atomic mass is 32.2. The van der Waals surface area contributed by atoms with Gasteiger partial charge in [-0.25, -0.2) is 13.1 Å². The Morgan fingerprint density at radius 3 is 2.50 bits per heavy atom. The van der Waals surface area contributed by atoms with E-state index < -0.39 is 16.1 Å². The summed E-state index contributed by atoms with van der Waals surface area (Å²) in [5.74, 6) is 0.0937. The molecule has 30 heavy (non-hydrogen) atoms. The monoisotopic (exact) mass is 449 g/mol. The SMILES string of the molecule is CNS(=O)(=O)c1cccc(CNC(=O)C(CCSC)NC(=O)c2cccc(C)c2)c1. The molecule has 0 saturated heterocycles. The molecule has 2 aromatic rings. The fraction of sp³-hybridized carbons (Fsp3) is 0.333. The lowest BCUT2D eigenvalue weighted by Crippen LogP contribution is -2.46. The predicted octanol–water partition coefficient (Wildman–Crippen LogP) is 2.07. The summed E-state index contributed by atoms with van der Waals surface area (Å²) in [5.41, 5.74) is 2.11. The van der Waals surface area contributed by atoms with Crippen molar-refractivity contribution in [3.63, 3.8) is 0 Å². The molecule has 0 aliphatic carbocycles. The second kappa shape index (κ2) is 11.1. The van der Waals surface area contributed by atoms with Gasteiger partial charge in [0.25, 0.3) is 5.91 Å². The van der Waals surface area contributed by atoms with Crippen molar-refractivity contribution in [2.75, 3.05) is 19.1 Å². The van der Waals surface area contributed by atoms with Crippen molar-refractivity contribution in [1.29, 1.82) is 0 Å². The van der Waals surface area contributed by atoms with E-state index in [2.05, 4.69) is 15.4 Å². The molecule has 2 amide bonds. The quantitative estimate of drug-likeness (QED) is 0.515. The zero-order chi connectivity index (χ0) is 22.1. The van der Waals surface area contributed by atoms with Crippen molar-refractivity contribution >= 4 is 33.6 Å². The van der Waals surface area contributed by atoms with E-state index in [-0.39, 0.29) is 23.3 Å². The van der Waals surface area contributed by atoms with Crippen LogP contribution in [-0.4, -0.2) is 45.3 Å². The van der Waals surface area contributed by atoms with E-state index in [9.17, 15) is 18.0 Å². The summed E-state index contributed by atoms with van der Waals surface area (Å²) in [6, 6.07) is 12.8. The minimum Gasteiger partial charge on any atom is -0.350 e. The number of sulfonamides is 1.